The second kappa shape index (κ2) is 7.23. The lowest BCUT2D eigenvalue weighted by molar-refractivity contribution is 0.0633. The highest BCUT2D eigenvalue weighted by atomic mass is 16.5. The van der Waals surface area contributed by atoms with E-state index < -0.39 is 0 Å². The van der Waals surface area contributed by atoms with Crippen molar-refractivity contribution >= 4 is 5.91 Å². The van der Waals surface area contributed by atoms with Crippen molar-refractivity contribution in [2.45, 2.75) is 33.0 Å². The number of carbonyl (C=O) groups is 1. The van der Waals surface area contributed by atoms with Crippen molar-refractivity contribution in [1.82, 2.24) is 19.7 Å². The molecule has 1 unspecified atom stereocenters. The van der Waals surface area contributed by atoms with E-state index >= 15 is 0 Å². The lowest BCUT2D eigenvalue weighted by Gasteiger charge is -2.26. The van der Waals surface area contributed by atoms with Crippen molar-refractivity contribution in [3.05, 3.63) is 66.2 Å². The smallest absolute Gasteiger partial charge is 0.272 e. The van der Waals surface area contributed by atoms with Gasteiger partial charge in [0.1, 0.15) is 18.1 Å². The molecule has 0 radical (unpaired) electrons. The van der Waals surface area contributed by atoms with E-state index in [1.165, 1.54) is 0 Å². The Balaban J connectivity index is 1.68. The summed E-state index contributed by atoms with van der Waals surface area (Å²) < 4.78 is 7.70. The van der Waals surface area contributed by atoms with Gasteiger partial charge in [0, 0.05) is 36.3 Å². The van der Waals surface area contributed by atoms with Crippen LogP contribution in [0.3, 0.4) is 0 Å². The van der Waals surface area contributed by atoms with E-state index in [1.807, 2.05) is 49.2 Å². The molecule has 0 spiro atoms. The number of fused-ring (bicyclic) bond motifs is 1. The number of pyridine rings is 1. The van der Waals surface area contributed by atoms with Crippen molar-refractivity contribution in [2.24, 2.45) is 0 Å². The predicted molar refractivity (Wildman–Crippen MR) is 102 cm³/mol. The van der Waals surface area contributed by atoms with Crippen LogP contribution in [0, 0.1) is 0 Å². The molecule has 0 N–H and O–H groups in total. The Kier molecular flexibility index (Phi) is 4.62. The Bertz CT molecular complexity index is 952. The summed E-state index contributed by atoms with van der Waals surface area (Å²) in [6.45, 7) is 5.62. The Morgan fingerprint density at radius 1 is 1.22 bits per heavy atom. The van der Waals surface area contributed by atoms with E-state index in [4.69, 9.17) is 4.74 Å². The number of carbonyl (C=O) groups excluding carboxylic acids is 1. The van der Waals surface area contributed by atoms with Crippen LogP contribution in [0.5, 0.6) is 5.75 Å². The predicted octanol–water partition coefficient (Wildman–Crippen LogP) is 3.39. The van der Waals surface area contributed by atoms with Crippen LogP contribution in [0.4, 0.5) is 0 Å². The van der Waals surface area contributed by atoms with E-state index in [1.54, 1.807) is 23.1 Å². The van der Waals surface area contributed by atoms with Crippen LogP contribution in [0.2, 0.25) is 0 Å². The van der Waals surface area contributed by atoms with Crippen molar-refractivity contribution < 1.29 is 9.53 Å². The van der Waals surface area contributed by atoms with Gasteiger partial charge >= 0.3 is 0 Å². The average Bonchev–Trinajstić information content (AvgIpc) is 3.13. The number of hydrogen-bond acceptors (Lipinski definition) is 4. The number of rotatable bonds is 3. The second-order valence-corrected chi connectivity index (χ2v) is 6.69. The second-order valence-electron chi connectivity index (χ2n) is 6.69. The van der Waals surface area contributed by atoms with Gasteiger partial charge in [0.15, 0.2) is 0 Å². The van der Waals surface area contributed by atoms with Gasteiger partial charge in [-0.25, -0.2) is 0 Å². The van der Waals surface area contributed by atoms with Crippen molar-refractivity contribution in [3.8, 4) is 16.9 Å². The zero-order valence-corrected chi connectivity index (χ0v) is 15.5. The van der Waals surface area contributed by atoms with Crippen molar-refractivity contribution in [1.29, 1.82) is 0 Å². The third-order valence-corrected chi connectivity index (χ3v) is 4.90. The lowest BCUT2D eigenvalue weighted by Crippen LogP contribution is -2.40. The zero-order valence-electron chi connectivity index (χ0n) is 15.5. The zero-order chi connectivity index (χ0) is 18.8. The van der Waals surface area contributed by atoms with E-state index in [0.717, 1.165) is 22.4 Å². The molecule has 6 heteroatoms. The summed E-state index contributed by atoms with van der Waals surface area (Å²) in [4.78, 5) is 19.2. The first-order chi connectivity index (χ1) is 13.2. The van der Waals surface area contributed by atoms with Crippen LogP contribution in [0.1, 0.15) is 29.9 Å². The molecule has 0 saturated carbocycles. The van der Waals surface area contributed by atoms with Gasteiger partial charge in [-0.15, -0.1) is 0 Å². The molecule has 0 aliphatic carbocycles. The highest BCUT2D eigenvalue weighted by Gasteiger charge is 2.28. The summed E-state index contributed by atoms with van der Waals surface area (Å²) >= 11 is 0. The van der Waals surface area contributed by atoms with Gasteiger partial charge in [0.2, 0.25) is 0 Å². The fraction of sp³-hybridized carbons (Fsp3) is 0.286. The molecule has 1 aliphatic rings. The van der Waals surface area contributed by atoms with Crippen molar-refractivity contribution in [3.63, 3.8) is 0 Å². The summed E-state index contributed by atoms with van der Waals surface area (Å²) in [6.07, 6.45) is 5.27. The molecule has 6 nitrogen and oxygen atoms in total. The largest absolute Gasteiger partial charge is 0.491 e. The molecule has 1 aliphatic heterocycles. The maximum atomic E-state index is 13.2. The molecule has 2 aromatic heterocycles. The van der Waals surface area contributed by atoms with Crippen LogP contribution in [0.25, 0.3) is 11.1 Å². The Labute approximate surface area is 158 Å². The molecule has 1 aromatic carbocycles. The van der Waals surface area contributed by atoms with E-state index in [9.17, 15) is 4.79 Å². The summed E-state index contributed by atoms with van der Waals surface area (Å²) in [5.41, 5.74) is 3.71. The molecule has 0 saturated heterocycles. The van der Waals surface area contributed by atoms with Gasteiger partial charge in [-0.3, -0.25) is 14.5 Å². The van der Waals surface area contributed by atoms with Gasteiger partial charge in [-0.05, 0) is 43.7 Å². The Morgan fingerprint density at radius 3 is 2.89 bits per heavy atom. The third-order valence-electron chi connectivity index (χ3n) is 4.90. The summed E-state index contributed by atoms with van der Waals surface area (Å²) in [5.74, 6) is 0.805. The first kappa shape index (κ1) is 17.3. The highest BCUT2D eigenvalue weighted by molar-refractivity contribution is 5.92. The first-order valence-corrected chi connectivity index (χ1v) is 9.16. The summed E-state index contributed by atoms with van der Waals surface area (Å²) in [7, 11) is 0. The number of ether oxygens (including phenoxy) is 1. The normalized spacial score (nSPS) is 16.4. The number of amides is 1. The molecule has 0 fully saturated rings. The number of benzene rings is 1. The van der Waals surface area contributed by atoms with Crippen LogP contribution < -0.4 is 4.74 Å². The van der Waals surface area contributed by atoms with E-state index in [-0.39, 0.29) is 11.9 Å². The van der Waals surface area contributed by atoms with Crippen LogP contribution >= 0.6 is 0 Å². The van der Waals surface area contributed by atoms with Gasteiger partial charge in [0.05, 0.1) is 12.6 Å². The topological polar surface area (TPSA) is 60.2 Å². The molecule has 27 heavy (non-hydrogen) atoms. The van der Waals surface area contributed by atoms with Gasteiger partial charge in [0.25, 0.3) is 5.91 Å². The van der Waals surface area contributed by atoms with E-state index in [2.05, 4.69) is 16.1 Å². The van der Waals surface area contributed by atoms with Crippen LogP contribution in [-0.2, 0) is 13.1 Å². The molecule has 3 aromatic rings. The van der Waals surface area contributed by atoms with Gasteiger partial charge < -0.3 is 9.64 Å². The molecular formula is C21H22N4O2. The van der Waals surface area contributed by atoms with E-state index in [0.29, 0.717) is 25.4 Å². The Morgan fingerprint density at radius 2 is 2.11 bits per heavy atom. The molecule has 138 valence electrons. The molecule has 3 heterocycles. The molecular weight excluding hydrogens is 340 g/mol. The molecule has 1 amide bonds. The maximum absolute atomic E-state index is 13.2. The number of aromatic nitrogens is 3. The maximum Gasteiger partial charge on any atom is 0.272 e. The SMILES string of the molecule is CCn1nccc1C(=O)N1Cc2cc(-c3cccnc3)ccc2OCC1C. The number of aryl methyl sites for hydroxylation is 1. The molecule has 1 atom stereocenters. The van der Waals surface area contributed by atoms with Gasteiger partial charge in [-0.1, -0.05) is 12.1 Å². The molecule has 0 bridgehead atoms. The minimum Gasteiger partial charge on any atom is -0.491 e. The minimum atomic E-state index is -0.0352. The van der Waals surface area contributed by atoms with Crippen LogP contribution in [0.15, 0.2) is 55.0 Å². The van der Waals surface area contributed by atoms with Crippen LogP contribution in [-0.4, -0.2) is 38.2 Å². The highest BCUT2D eigenvalue weighted by Crippen LogP contribution is 2.30. The third kappa shape index (κ3) is 3.30. The quantitative estimate of drug-likeness (QED) is 0.717. The standard InChI is InChI=1S/C21H22N4O2/c1-3-25-19(8-10-23-25)21(26)24-13-18-11-16(17-5-4-9-22-12-17)6-7-20(18)27-14-15(24)2/h4-12,15H,3,13-14H2,1-2H3. The van der Waals surface area contributed by atoms with Gasteiger partial charge in [-0.2, -0.15) is 5.10 Å². The van der Waals surface area contributed by atoms with Crippen molar-refractivity contribution in [2.75, 3.05) is 6.61 Å². The summed E-state index contributed by atoms with van der Waals surface area (Å²) in [5, 5.41) is 4.23. The number of nitrogens with zero attached hydrogens (tertiary/aromatic N) is 4. The average molecular weight is 362 g/mol. The molecule has 4 rings (SSSR count). The first-order valence-electron chi connectivity index (χ1n) is 9.16. The lowest BCUT2D eigenvalue weighted by atomic mass is 10.0. The Hall–Kier alpha value is -3.15. The minimum absolute atomic E-state index is 0.0231. The monoisotopic (exact) mass is 362 g/mol. The number of hydrogen-bond donors (Lipinski definition) is 0. The summed E-state index contributed by atoms with van der Waals surface area (Å²) in [6, 6.07) is 11.8. The fourth-order valence-electron chi connectivity index (χ4n) is 3.38. The fourth-order valence-corrected chi connectivity index (χ4v) is 3.38.